The SMILES string of the molecule is COCCCNS(=O)(=O)c1ccc(N[C@H](C)COC)c(C(=O)O)c1. The number of nitrogens with one attached hydrogen (secondary N) is 2. The van der Waals surface area contributed by atoms with Crippen molar-refractivity contribution in [3.05, 3.63) is 23.8 Å². The Labute approximate surface area is 142 Å². The Kier molecular flexibility index (Phi) is 8.13. The van der Waals surface area contributed by atoms with Gasteiger partial charge in [-0.15, -0.1) is 0 Å². The van der Waals surface area contributed by atoms with Gasteiger partial charge in [0.05, 0.1) is 17.1 Å². The zero-order chi connectivity index (χ0) is 18.2. The molecular weight excluding hydrogens is 336 g/mol. The summed E-state index contributed by atoms with van der Waals surface area (Å²) in [6, 6.07) is 3.83. The zero-order valence-electron chi connectivity index (χ0n) is 14.0. The second-order valence-electron chi connectivity index (χ2n) is 5.26. The summed E-state index contributed by atoms with van der Waals surface area (Å²) in [7, 11) is -0.699. The maximum Gasteiger partial charge on any atom is 0.337 e. The molecule has 8 nitrogen and oxygen atoms in total. The van der Waals surface area contributed by atoms with Crippen LogP contribution in [0.3, 0.4) is 0 Å². The fourth-order valence-electron chi connectivity index (χ4n) is 2.06. The summed E-state index contributed by atoms with van der Waals surface area (Å²) in [5, 5.41) is 12.3. The number of methoxy groups -OCH3 is 2. The summed E-state index contributed by atoms with van der Waals surface area (Å²) in [5.74, 6) is -1.21. The van der Waals surface area contributed by atoms with Crippen LogP contribution in [0.25, 0.3) is 0 Å². The number of benzene rings is 1. The molecule has 136 valence electrons. The van der Waals surface area contributed by atoms with Crippen LogP contribution in [0.5, 0.6) is 0 Å². The fraction of sp³-hybridized carbons (Fsp3) is 0.533. The van der Waals surface area contributed by atoms with Crippen molar-refractivity contribution in [2.24, 2.45) is 0 Å². The van der Waals surface area contributed by atoms with Crippen molar-refractivity contribution in [1.82, 2.24) is 4.72 Å². The maximum absolute atomic E-state index is 12.2. The van der Waals surface area contributed by atoms with Gasteiger partial charge >= 0.3 is 5.97 Å². The summed E-state index contributed by atoms with van der Waals surface area (Å²) in [6.45, 7) is 2.86. The first-order valence-corrected chi connectivity index (χ1v) is 8.91. The Morgan fingerprint density at radius 3 is 2.58 bits per heavy atom. The van der Waals surface area contributed by atoms with Crippen LogP contribution < -0.4 is 10.0 Å². The lowest BCUT2D eigenvalue weighted by molar-refractivity contribution is 0.0697. The Morgan fingerprint density at radius 2 is 2.00 bits per heavy atom. The van der Waals surface area contributed by atoms with Gasteiger partial charge in [-0.3, -0.25) is 0 Å². The van der Waals surface area contributed by atoms with Gasteiger partial charge in [-0.25, -0.2) is 17.9 Å². The molecule has 0 saturated heterocycles. The van der Waals surface area contributed by atoms with Gasteiger partial charge in [-0.2, -0.15) is 0 Å². The lowest BCUT2D eigenvalue weighted by atomic mass is 10.1. The second kappa shape index (κ2) is 9.58. The van der Waals surface area contributed by atoms with E-state index >= 15 is 0 Å². The molecule has 0 unspecified atom stereocenters. The molecule has 0 aliphatic carbocycles. The first kappa shape index (κ1) is 20.4. The minimum absolute atomic E-state index is 0.0951. The molecule has 0 aliphatic heterocycles. The highest BCUT2D eigenvalue weighted by atomic mass is 32.2. The van der Waals surface area contributed by atoms with Crippen LogP contribution in [0.2, 0.25) is 0 Å². The summed E-state index contributed by atoms with van der Waals surface area (Å²) in [4.78, 5) is 11.3. The van der Waals surface area contributed by atoms with Gasteiger partial charge in [0.2, 0.25) is 10.0 Å². The number of ether oxygens (including phenoxy) is 2. The molecule has 0 saturated carbocycles. The lowest BCUT2D eigenvalue weighted by Gasteiger charge is -2.17. The molecule has 0 spiro atoms. The van der Waals surface area contributed by atoms with Gasteiger partial charge < -0.3 is 19.9 Å². The van der Waals surface area contributed by atoms with Crippen LogP contribution in [0.4, 0.5) is 5.69 Å². The highest BCUT2D eigenvalue weighted by Crippen LogP contribution is 2.21. The molecular formula is C15H24N2O6S. The highest BCUT2D eigenvalue weighted by molar-refractivity contribution is 7.89. The van der Waals surface area contributed by atoms with Crippen molar-refractivity contribution in [1.29, 1.82) is 0 Å². The van der Waals surface area contributed by atoms with E-state index in [0.717, 1.165) is 6.07 Å². The number of carbonyl (C=O) groups is 1. The van der Waals surface area contributed by atoms with E-state index in [0.29, 0.717) is 25.3 Å². The molecule has 1 aromatic rings. The van der Waals surface area contributed by atoms with Crippen LogP contribution in [-0.4, -0.2) is 59.5 Å². The minimum Gasteiger partial charge on any atom is -0.478 e. The Hall–Kier alpha value is -1.68. The van der Waals surface area contributed by atoms with Gasteiger partial charge in [0.1, 0.15) is 0 Å². The average Bonchev–Trinajstić information content (AvgIpc) is 2.51. The van der Waals surface area contributed by atoms with Gasteiger partial charge in [0.15, 0.2) is 0 Å². The third kappa shape index (κ3) is 6.08. The number of hydrogen-bond acceptors (Lipinski definition) is 6. The topological polar surface area (TPSA) is 114 Å². The van der Waals surface area contributed by atoms with Crippen LogP contribution in [-0.2, 0) is 19.5 Å². The molecule has 9 heteroatoms. The zero-order valence-corrected chi connectivity index (χ0v) is 14.9. The summed E-state index contributed by atoms with van der Waals surface area (Å²) in [5.41, 5.74) is 0.225. The number of anilines is 1. The standard InChI is InChI=1S/C15H24N2O6S/c1-11(10-23-3)17-14-6-5-12(9-13(14)15(18)19)24(20,21)16-7-4-8-22-2/h5-6,9,11,16-17H,4,7-8,10H2,1-3H3,(H,18,19)/t11-/m1/s1. The van der Waals surface area contributed by atoms with E-state index in [2.05, 4.69) is 10.0 Å². The number of hydrogen-bond donors (Lipinski definition) is 3. The summed E-state index contributed by atoms with van der Waals surface area (Å²) < 4.78 is 36.7. The van der Waals surface area contributed by atoms with Crippen molar-refractivity contribution >= 4 is 21.7 Å². The van der Waals surface area contributed by atoms with E-state index in [1.165, 1.54) is 19.2 Å². The van der Waals surface area contributed by atoms with Crippen molar-refractivity contribution in [2.75, 3.05) is 39.3 Å². The lowest BCUT2D eigenvalue weighted by Crippen LogP contribution is -2.26. The number of sulfonamides is 1. The van der Waals surface area contributed by atoms with Crippen LogP contribution in [0, 0.1) is 0 Å². The largest absolute Gasteiger partial charge is 0.478 e. The number of carboxylic acid groups (broad SMARTS) is 1. The van der Waals surface area contributed by atoms with Gasteiger partial charge in [0.25, 0.3) is 0 Å². The van der Waals surface area contributed by atoms with Crippen LogP contribution >= 0.6 is 0 Å². The fourth-order valence-corrected chi connectivity index (χ4v) is 3.16. The molecule has 3 N–H and O–H groups in total. The normalized spacial score (nSPS) is 12.8. The summed E-state index contributed by atoms with van der Waals surface area (Å²) >= 11 is 0. The number of aromatic carboxylic acids is 1. The quantitative estimate of drug-likeness (QED) is 0.507. The summed E-state index contributed by atoms with van der Waals surface area (Å²) in [6.07, 6.45) is 0.524. The van der Waals surface area contributed by atoms with Crippen molar-refractivity contribution < 1.29 is 27.8 Å². The van der Waals surface area contributed by atoms with Crippen molar-refractivity contribution in [2.45, 2.75) is 24.3 Å². The van der Waals surface area contributed by atoms with Crippen molar-refractivity contribution in [3.63, 3.8) is 0 Å². The molecule has 0 aromatic heterocycles. The smallest absolute Gasteiger partial charge is 0.337 e. The van der Waals surface area contributed by atoms with Gasteiger partial charge in [0, 0.05) is 39.1 Å². The van der Waals surface area contributed by atoms with Gasteiger partial charge in [-0.1, -0.05) is 0 Å². The molecule has 24 heavy (non-hydrogen) atoms. The highest BCUT2D eigenvalue weighted by Gasteiger charge is 2.19. The first-order chi connectivity index (χ1) is 11.3. The number of rotatable bonds is 11. The minimum atomic E-state index is -3.77. The molecule has 1 aromatic carbocycles. The van der Waals surface area contributed by atoms with E-state index < -0.39 is 16.0 Å². The third-order valence-electron chi connectivity index (χ3n) is 3.17. The molecule has 1 atom stereocenters. The maximum atomic E-state index is 12.2. The van der Waals surface area contributed by atoms with E-state index in [-0.39, 0.29) is 23.0 Å². The molecule has 0 amide bonds. The predicted octanol–water partition coefficient (Wildman–Crippen LogP) is 1.15. The molecule has 0 radical (unpaired) electrons. The molecule has 1 rings (SSSR count). The van der Waals surface area contributed by atoms with E-state index in [1.807, 2.05) is 6.92 Å². The first-order valence-electron chi connectivity index (χ1n) is 7.43. The van der Waals surface area contributed by atoms with Gasteiger partial charge in [-0.05, 0) is 31.5 Å². The molecule has 0 aliphatic rings. The number of carboxylic acids is 1. The average molecular weight is 360 g/mol. The van der Waals surface area contributed by atoms with Crippen LogP contribution in [0.1, 0.15) is 23.7 Å². The monoisotopic (exact) mass is 360 g/mol. The molecule has 0 bridgehead atoms. The van der Waals surface area contributed by atoms with Crippen LogP contribution in [0.15, 0.2) is 23.1 Å². The third-order valence-corrected chi connectivity index (χ3v) is 4.63. The molecule has 0 fully saturated rings. The predicted molar refractivity (Wildman–Crippen MR) is 90.0 cm³/mol. The van der Waals surface area contributed by atoms with E-state index in [1.54, 1.807) is 7.11 Å². The van der Waals surface area contributed by atoms with E-state index in [9.17, 15) is 18.3 Å². The Morgan fingerprint density at radius 1 is 1.29 bits per heavy atom. The van der Waals surface area contributed by atoms with Crippen molar-refractivity contribution in [3.8, 4) is 0 Å². The molecule has 0 heterocycles. The Bertz CT molecular complexity index is 647. The van der Waals surface area contributed by atoms with E-state index in [4.69, 9.17) is 9.47 Å². The second-order valence-corrected chi connectivity index (χ2v) is 7.02. The Balaban J connectivity index is 2.98.